The van der Waals surface area contributed by atoms with E-state index in [9.17, 15) is 9.90 Å². The van der Waals surface area contributed by atoms with Gasteiger partial charge in [-0.3, -0.25) is 4.79 Å². The first-order valence-corrected chi connectivity index (χ1v) is 6.26. The summed E-state index contributed by atoms with van der Waals surface area (Å²) in [6.07, 6.45) is 1.86. The normalized spacial score (nSPS) is 19.2. The topological polar surface area (TPSA) is 49.8 Å². The lowest BCUT2D eigenvalue weighted by Crippen LogP contribution is -2.37. The molecule has 4 nitrogen and oxygen atoms in total. The SMILES string of the molecule is COCc1ccc(C(=O)N2CCCC2CO)cc1. The minimum absolute atomic E-state index is 0.00974. The molecule has 0 aromatic heterocycles. The lowest BCUT2D eigenvalue weighted by molar-refractivity contribution is 0.0677. The van der Waals surface area contributed by atoms with Crippen molar-refractivity contribution in [3.05, 3.63) is 35.4 Å². The van der Waals surface area contributed by atoms with Crippen LogP contribution in [0.4, 0.5) is 0 Å². The molecule has 1 aromatic rings. The molecule has 1 amide bonds. The van der Waals surface area contributed by atoms with Crippen LogP contribution in [0.25, 0.3) is 0 Å². The van der Waals surface area contributed by atoms with E-state index in [-0.39, 0.29) is 18.6 Å². The summed E-state index contributed by atoms with van der Waals surface area (Å²) in [5, 5.41) is 9.24. The van der Waals surface area contributed by atoms with Gasteiger partial charge in [0.05, 0.1) is 19.3 Å². The van der Waals surface area contributed by atoms with Crippen LogP contribution in [0.3, 0.4) is 0 Å². The number of ether oxygens (including phenoxy) is 1. The fraction of sp³-hybridized carbons (Fsp3) is 0.500. The Morgan fingerprint density at radius 1 is 1.44 bits per heavy atom. The molecular formula is C14H19NO3. The third-order valence-electron chi connectivity index (χ3n) is 3.36. The summed E-state index contributed by atoms with van der Waals surface area (Å²) in [7, 11) is 1.65. The highest BCUT2D eigenvalue weighted by Crippen LogP contribution is 2.20. The minimum atomic E-state index is -0.0175. The first-order chi connectivity index (χ1) is 8.76. The second-order valence-corrected chi connectivity index (χ2v) is 4.61. The Balaban J connectivity index is 2.08. The molecule has 2 rings (SSSR count). The fourth-order valence-corrected chi connectivity index (χ4v) is 2.37. The molecule has 1 aromatic carbocycles. The Kier molecular flexibility index (Phi) is 4.33. The molecule has 1 atom stereocenters. The van der Waals surface area contributed by atoms with Gasteiger partial charge in [0.2, 0.25) is 0 Å². The van der Waals surface area contributed by atoms with Crippen LogP contribution in [0.1, 0.15) is 28.8 Å². The van der Waals surface area contributed by atoms with Crippen LogP contribution in [0.2, 0.25) is 0 Å². The molecule has 0 radical (unpaired) electrons. The smallest absolute Gasteiger partial charge is 0.254 e. The van der Waals surface area contributed by atoms with Gasteiger partial charge in [0.25, 0.3) is 5.91 Å². The van der Waals surface area contributed by atoms with Gasteiger partial charge in [-0.2, -0.15) is 0 Å². The Morgan fingerprint density at radius 3 is 2.78 bits per heavy atom. The van der Waals surface area contributed by atoms with Crippen molar-refractivity contribution < 1.29 is 14.6 Å². The number of nitrogens with zero attached hydrogens (tertiary/aromatic N) is 1. The minimum Gasteiger partial charge on any atom is -0.394 e. The van der Waals surface area contributed by atoms with Gasteiger partial charge in [-0.1, -0.05) is 12.1 Å². The van der Waals surface area contributed by atoms with Gasteiger partial charge in [0.15, 0.2) is 0 Å². The van der Waals surface area contributed by atoms with Gasteiger partial charge < -0.3 is 14.7 Å². The van der Waals surface area contributed by atoms with Crippen molar-refractivity contribution in [1.29, 1.82) is 0 Å². The fourth-order valence-electron chi connectivity index (χ4n) is 2.37. The maximum Gasteiger partial charge on any atom is 0.254 e. The summed E-state index contributed by atoms with van der Waals surface area (Å²) in [6.45, 7) is 1.34. The van der Waals surface area contributed by atoms with Gasteiger partial charge in [-0.15, -0.1) is 0 Å². The zero-order valence-corrected chi connectivity index (χ0v) is 10.6. The highest BCUT2D eigenvalue weighted by atomic mass is 16.5. The summed E-state index contributed by atoms with van der Waals surface area (Å²) in [6, 6.07) is 7.44. The Labute approximate surface area is 107 Å². The van der Waals surface area contributed by atoms with Gasteiger partial charge in [0, 0.05) is 19.2 Å². The number of carbonyl (C=O) groups excluding carboxylic acids is 1. The average molecular weight is 249 g/mol. The van der Waals surface area contributed by atoms with Crippen LogP contribution in [-0.4, -0.2) is 42.2 Å². The first-order valence-electron chi connectivity index (χ1n) is 6.26. The first kappa shape index (κ1) is 13.1. The average Bonchev–Trinajstić information content (AvgIpc) is 2.87. The number of aliphatic hydroxyl groups is 1. The van der Waals surface area contributed by atoms with Crippen LogP contribution in [0, 0.1) is 0 Å². The molecule has 1 aliphatic heterocycles. The third kappa shape index (κ3) is 2.71. The summed E-state index contributed by atoms with van der Waals surface area (Å²) < 4.78 is 5.03. The van der Waals surface area contributed by atoms with Crippen LogP contribution in [-0.2, 0) is 11.3 Å². The van der Waals surface area contributed by atoms with Gasteiger partial charge in [0.1, 0.15) is 0 Å². The molecule has 1 fully saturated rings. The molecule has 0 spiro atoms. The molecule has 0 aliphatic carbocycles. The van der Waals surface area contributed by atoms with E-state index in [0.717, 1.165) is 24.9 Å². The Bertz CT molecular complexity index is 402. The number of rotatable bonds is 4. The molecule has 4 heteroatoms. The molecule has 0 saturated carbocycles. The summed E-state index contributed by atoms with van der Waals surface area (Å²) in [4.78, 5) is 14.0. The van der Waals surface area contributed by atoms with Crippen molar-refractivity contribution in [2.45, 2.75) is 25.5 Å². The van der Waals surface area contributed by atoms with Crippen LogP contribution in [0.15, 0.2) is 24.3 Å². The number of hydrogen-bond donors (Lipinski definition) is 1. The summed E-state index contributed by atoms with van der Waals surface area (Å²) >= 11 is 0. The van der Waals surface area contributed by atoms with E-state index < -0.39 is 0 Å². The largest absolute Gasteiger partial charge is 0.394 e. The van der Waals surface area contributed by atoms with Crippen LogP contribution >= 0.6 is 0 Å². The second kappa shape index (κ2) is 5.98. The van der Waals surface area contributed by atoms with E-state index in [4.69, 9.17) is 4.74 Å². The van der Waals surface area contributed by atoms with E-state index in [1.807, 2.05) is 24.3 Å². The number of aliphatic hydroxyl groups excluding tert-OH is 1. The van der Waals surface area contributed by atoms with Crippen molar-refractivity contribution in [2.24, 2.45) is 0 Å². The predicted octanol–water partition coefficient (Wildman–Crippen LogP) is 1.43. The molecule has 98 valence electrons. The lowest BCUT2D eigenvalue weighted by atomic mass is 10.1. The van der Waals surface area contributed by atoms with Gasteiger partial charge in [-0.25, -0.2) is 0 Å². The van der Waals surface area contributed by atoms with Gasteiger partial charge in [-0.05, 0) is 30.5 Å². The van der Waals surface area contributed by atoms with Gasteiger partial charge >= 0.3 is 0 Å². The van der Waals surface area contributed by atoms with Crippen molar-refractivity contribution in [3.8, 4) is 0 Å². The molecule has 1 aliphatic rings. The Hall–Kier alpha value is -1.39. The predicted molar refractivity (Wildman–Crippen MR) is 68.3 cm³/mol. The van der Waals surface area contributed by atoms with Crippen molar-refractivity contribution in [3.63, 3.8) is 0 Å². The zero-order chi connectivity index (χ0) is 13.0. The standard InChI is InChI=1S/C14H19NO3/c1-18-10-11-4-6-12(7-5-11)14(17)15-8-2-3-13(15)9-16/h4-7,13,16H,2-3,8-10H2,1H3. The third-order valence-corrected chi connectivity index (χ3v) is 3.36. The molecule has 0 bridgehead atoms. The van der Waals surface area contributed by atoms with Crippen molar-refractivity contribution >= 4 is 5.91 Å². The molecule has 18 heavy (non-hydrogen) atoms. The quantitative estimate of drug-likeness (QED) is 0.878. The molecule has 1 saturated heterocycles. The maximum absolute atomic E-state index is 12.3. The summed E-state index contributed by atoms with van der Waals surface area (Å²) in [5.41, 5.74) is 1.73. The number of likely N-dealkylation sites (tertiary alicyclic amines) is 1. The number of hydrogen-bond acceptors (Lipinski definition) is 3. The van der Waals surface area contributed by atoms with Crippen molar-refractivity contribution in [1.82, 2.24) is 4.90 Å². The number of amides is 1. The van der Waals surface area contributed by atoms with Crippen molar-refractivity contribution in [2.75, 3.05) is 20.3 Å². The second-order valence-electron chi connectivity index (χ2n) is 4.61. The zero-order valence-electron chi connectivity index (χ0n) is 10.6. The van der Waals surface area contributed by atoms with E-state index in [1.165, 1.54) is 0 Å². The van der Waals surface area contributed by atoms with Crippen LogP contribution in [0.5, 0.6) is 0 Å². The van der Waals surface area contributed by atoms with E-state index in [2.05, 4.69) is 0 Å². The summed E-state index contributed by atoms with van der Waals surface area (Å²) in [5.74, 6) is 0.00974. The van der Waals surface area contributed by atoms with E-state index >= 15 is 0 Å². The molecule has 1 unspecified atom stereocenters. The van der Waals surface area contributed by atoms with E-state index in [0.29, 0.717) is 12.2 Å². The number of carbonyl (C=O) groups is 1. The maximum atomic E-state index is 12.3. The lowest BCUT2D eigenvalue weighted by Gasteiger charge is -2.23. The molecule has 1 heterocycles. The number of methoxy groups -OCH3 is 1. The monoisotopic (exact) mass is 249 g/mol. The number of benzene rings is 1. The van der Waals surface area contributed by atoms with E-state index in [1.54, 1.807) is 12.0 Å². The highest BCUT2D eigenvalue weighted by molar-refractivity contribution is 5.94. The molecular weight excluding hydrogens is 230 g/mol. The van der Waals surface area contributed by atoms with Crippen LogP contribution < -0.4 is 0 Å². The highest BCUT2D eigenvalue weighted by Gasteiger charge is 2.28. The Morgan fingerprint density at radius 2 is 2.17 bits per heavy atom. The molecule has 1 N–H and O–H groups in total.